The lowest BCUT2D eigenvalue weighted by Gasteiger charge is -2.48. The first-order valence-corrected chi connectivity index (χ1v) is 10.3. The highest BCUT2D eigenvalue weighted by Crippen LogP contribution is 2.34. The summed E-state index contributed by atoms with van der Waals surface area (Å²) in [6, 6.07) is 4.47. The number of hydrogen-bond acceptors (Lipinski definition) is 7. The molecule has 1 saturated heterocycles. The first kappa shape index (κ1) is 21.2. The topological polar surface area (TPSA) is 92.0 Å². The molecule has 3 aromatic rings. The fraction of sp³-hybridized carbons (Fsp3) is 0.455. The van der Waals surface area contributed by atoms with Crippen LogP contribution in [0.25, 0.3) is 16.9 Å². The summed E-state index contributed by atoms with van der Waals surface area (Å²) in [6.45, 7) is 8.78. The van der Waals surface area contributed by atoms with Gasteiger partial charge in [-0.2, -0.15) is 5.10 Å². The maximum atomic E-state index is 14.6. The molecule has 4 rings (SSSR count). The van der Waals surface area contributed by atoms with Crippen LogP contribution in [0.1, 0.15) is 40.5 Å². The molecule has 9 heteroatoms. The Morgan fingerprint density at radius 3 is 2.45 bits per heavy atom. The van der Waals surface area contributed by atoms with E-state index >= 15 is 0 Å². The van der Waals surface area contributed by atoms with E-state index in [0.717, 1.165) is 12.8 Å². The van der Waals surface area contributed by atoms with Gasteiger partial charge >= 0.3 is 0 Å². The number of hydrogen-bond donors (Lipinski definition) is 2. The predicted octanol–water partition coefficient (Wildman–Crippen LogP) is 3.31. The van der Waals surface area contributed by atoms with Crippen LogP contribution in [0.2, 0.25) is 0 Å². The van der Waals surface area contributed by atoms with Crippen molar-refractivity contribution in [3.05, 3.63) is 42.6 Å². The van der Waals surface area contributed by atoms with Gasteiger partial charge in [0.25, 0.3) is 0 Å². The summed E-state index contributed by atoms with van der Waals surface area (Å²) >= 11 is 0. The van der Waals surface area contributed by atoms with E-state index in [9.17, 15) is 9.50 Å². The summed E-state index contributed by atoms with van der Waals surface area (Å²) < 4.78 is 16.0. The van der Waals surface area contributed by atoms with Crippen molar-refractivity contribution < 1.29 is 9.50 Å². The lowest BCUT2D eigenvalue weighted by molar-refractivity contribution is 0.160. The molecule has 0 amide bonds. The predicted molar refractivity (Wildman–Crippen MR) is 117 cm³/mol. The summed E-state index contributed by atoms with van der Waals surface area (Å²) in [6.07, 6.45) is 6.54. The number of rotatable bonds is 4. The number of phenols is 1. The first-order valence-electron chi connectivity index (χ1n) is 10.3. The Morgan fingerprint density at radius 1 is 1.16 bits per heavy atom. The van der Waals surface area contributed by atoms with Gasteiger partial charge in [0.2, 0.25) is 5.95 Å². The Hall–Kier alpha value is -3.07. The van der Waals surface area contributed by atoms with E-state index in [1.165, 1.54) is 23.0 Å². The number of nitrogens with zero attached hydrogens (tertiary/aromatic N) is 6. The van der Waals surface area contributed by atoms with Crippen molar-refractivity contribution in [2.24, 2.45) is 0 Å². The molecule has 31 heavy (non-hydrogen) atoms. The van der Waals surface area contributed by atoms with Crippen LogP contribution < -0.4 is 10.2 Å². The Morgan fingerprint density at radius 2 is 1.87 bits per heavy atom. The van der Waals surface area contributed by atoms with Crippen LogP contribution >= 0.6 is 0 Å². The second-order valence-electron chi connectivity index (χ2n) is 9.48. The highest BCUT2D eigenvalue weighted by Gasteiger charge is 2.39. The maximum Gasteiger partial charge on any atom is 0.245 e. The Balaban J connectivity index is 1.58. The molecule has 0 atom stereocenters. The van der Waals surface area contributed by atoms with E-state index < -0.39 is 5.82 Å². The molecule has 0 bridgehead atoms. The number of aromatic nitrogens is 5. The monoisotopic (exact) mass is 425 g/mol. The van der Waals surface area contributed by atoms with Crippen LogP contribution in [0.15, 0.2) is 36.8 Å². The van der Waals surface area contributed by atoms with Crippen LogP contribution in [0.4, 0.5) is 10.3 Å². The number of aromatic hydroxyl groups is 1. The van der Waals surface area contributed by atoms with Crippen LogP contribution in [0, 0.1) is 5.82 Å². The third kappa shape index (κ3) is 4.36. The number of piperidine rings is 1. The van der Waals surface area contributed by atoms with Gasteiger partial charge in [0, 0.05) is 48.2 Å². The molecular weight excluding hydrogens is 397 g/mol. The van der Waals surface area contributed by atoms with Gasteiger partial charge in [-0.3, -0.25) is 0 Å². The number of nitrogens with one attached hydrogen (secondary N) is 1. The molecule has 0 unspecified atom stereocenters. The van der Waals surface area contributed by atoms with Crippen molar-refractivity contribution in [3.63, 3.8) is 0 Å². The van der Waals surface area contributed by atoms with Gasteiger partial charge < -0.3 is 15.3 Å². The van der Waals surface area contributed by atoms with E-state index in [1.807, 2.05) is 11.9 Å². The van der Waals surface area contributed by atoms with Gasteiger partial charge in [-0.15, -0.1) is 10.2 Å². The van der Waals surface area contributed by atoms with Crippen molar-refractivity contribution in [3.8, 4) is 22.7 Å². The van der Waals surface area contributed by atoms with E-state index in [0.29, 0.717) is 11.6 Å². The van der Waals surface area contributed by atoms with Crippen LogP contribution in [-0.2, 0) is 0 Å². The molecule has 2 N–H and O–H groups in total. The summed E-state index contributed by atoms with van der Waals surface area (Å²) in [4.78, 5) is 6.49. The number of halogens is 1. The quantitative estimate of drug-likeness (QED) is 0.662. The number of benzene rings is 1. The SMILES string of the molecule is CN(c1ncc(-c2cc(F)c(-n3cccn3)cc2O)nn1)C1CC(C)(C)NC(C)(C)C1. The molecular formula is C22H28FN7O. The second-order valence-corrected chi connectivity index (χ2v) is 9.48. The summed E-state index contributed by atoms with van der Waals surface area (Å²) in [5, 5.41) is 26.6. The molecule has 0 radical (unpaired) electrons. The van der Waals surface area contributed by atoms with E-state index in [1.54, 1.807) is 18.5 Å². The molecule has 8 nitrogen and oxygen atoms in total. The Bertz CT molecular complexity index is 1050. The fourth-order valence-corrected chi connectivity index (χ4v) is 4.60. The van der Waals surface area contributed by atoms with Crippen LogP contribution in [0.5, 0.6) is 5.75 Å². The third-order valence-corrected chi connectivity index (χ3v) is 5.67. The number of phenolic OH excluding ortho intramolecular Hbond substituents is 1. The maximum absolute atomic E-state index is 14.6. The molecule has 2 aromatic heterocycles. The van der Waals surface area contributed by atoms with Crippen LogP contribution in [-0.4, -0.2) is 54.2 Å². The van der Waals surface area contributed by atoms with Crippen molar-refractivity contribution in [2.45, 2.75) is 57.7 Å². The zero-order valence-corrected chi connectivity index (χ0v) is 18.5. The minimum Gasteiger partial charge on any atom is -0.507 e. The molecule has 1 aliphatic rings. The largest absolute Gasteiger partial charge is 0.507 e. The number of anilines is 1. The molecule has 0 saturated carbocycles. The first-order chi connectivity index (χ1) is 14.5. The minimum absolute atomic E-state index is 0.00627. The zero-order chi connectivity index (χ0) is 22.4. The van der Waals surface area contributed by atoms with Crippen molar-refractivity contribution in [1.29, 1.82) is 0 Å². The molecule has 3 heterocycles. The van der Waals surface area contributed by atoms with Crippen molar-refractivity contribution in [2.75, 3.05) is 11.9 Å². The van der Waals surface area contributed by atoms with Crippen molar-refractivity contribution in [1.82, 2.24) is 30.3 Å². The van der Waals surface area contributed by atoms with E-state index in [-0.39, 0.29) is 34.1 Å². The van der Waals surface area contributed by atoms with Gasteiger partial charge in [-0.1, -0.05) is 0 Å². The minimum atomic E-state index is -0.529. The standard InChI is InChI=1S/C22H28FN7O/c1-21(2)11-14(12-22(3,4)28-21)29(5)20-24-13-17(26-27-20)15-9-16(23)18(10-19(15)31)30-8-6-7-25-30/h6-10,13-14,28,31H,11-12H2,1-5H3. The second kappa shape index (κ2) is 7.56. The highest BCUT2D eigenvalue weighted by atomic mass is 19.1. The average Bonchev–Trinajstić information content (AvgIpc) is 3.21. The molecule has 1 aliphatic heterocycles. The summed E-state index contributed by atoms with van der Waals surface area (Å²) in [5.41, 5.74) is 0.666. The van der Waals surface area contributed by atoms with Gasteiger partial charge in [-0.05, 0) is 52.7 Å². The van der Waals surface area contributed by atoms with E-state index in [4.69, 9.17) is 0 Å². The molecule has 1 fully saturated rings. The molecule has 0 spiro atoms. The van der Waals surface area contributed by atoms with E-state index in [2.05, 4.69) is 53.3 Å². The lowest BCUT2D eigenvalue weighted by Crippen LogP contribution is -2.62. The highest BCUT2D eigenvalue weighted by molar-refractivity contribution is 5.68. The Labute approximate surface area is 181 Å². The zero-order valence-electron chi connectivity index (χ0n) is 18.5. The fourth-order valence-electron chi connectivity index (χ4n) is 4.60. The van der Waals surface area contributed by atoms with Gasteiger partial charge in [0.1, 0.15) is 22.9 Å². The summed E-state index contributed by atoms with van der Waals surface area (Å²) in [5.74, 6) is -0.153. The Kier molecular flexibility index (Phi) is 5.17. The molecule has 164 valence electrons. The van der Waals surface area contributed by atoms with Crippen LogP contribution in [0.3, 0.4) is 0 Å². The smallest absolute Gasteiger partial charge is 0.245 e. The summed E-state index contributed by atoms with van der Waals surface area (Å²) in [7, 11) is 1.97. The van der Waals surface area contributed by atoms with Gasteiger partial charge in [0.15, 0.2) is 0 Å². The normalized spacial score (nSPS) is 18.1. The molecule has 1 aromatic carbocycles. The lowest BCUT2D eigenvalue weighted by atomic mass is 9.79. The van der Waals surface area contributed by atoms with Gasteiger partial charge in [0.05, 0.1) is 6.20 Å². The average molecular weight is 426 g/mol. The molecule has 0 aliphatic carbocycles. The van der Waals surface area contributed by atoms with Crippen molar-refractivity contribution >= 4 is 5.95 Å². The van der Waals surface area contributed by atoms with Gasteiger partial charge in [-0.25, -0.2) is 14.1 Å². The third-order valence-electron chi connectivity index (χ3n) is 5.67.